The van der Waals surface area contributed by atoms with Gasteiger partial charge in [0.1, 0.15) is 18.3 Å². The molecule has 1 aliphatic rings. The van der Waals surface area contributed by atoms with Crippen LogP contribution < -0.4 is 14.4 Å². The van der Waals surface area contributed by atoms with Crippen LogP contribution in [0, 0.1) is 0 Å². The van der Waals surface area contributed by atoms with Crippen LogP contribution in [0.2, 0.25) is 0 Å². The fourth-order valence-corrected chi connectivity index (χ4v) is 6.36. The van der Waals surface area contributed by atoms with Crippen molar-refractivity contribution >= 4 is 43.5 Å². The van der Waals surface area contributed by atoms with Gasteiger partial charge in [0.05, 0.1) is 18.6 Å². The second kappa shape index (κ2) is 14.7. The van der Waals surface area contributed by atoms with E-state index in [9.17, 15) is 18.0 Å². The average Bonchev–Trinajstić information content (AvgIpc) is 3.48. The summed E-state index contributed by atoms with van der Waals surface area (Å²) in [5.41, 5.74) is 1.99. The lowest BCUT2D eigenvalue weighted by Crippen LogP contribution is -2.54. The van der Waals surface area contributed by atoms with E-state index in [1.807, 2.05) is 61.5 Å². The van der Waals surface area contributed by atoms with Crippen LogP contribution in [-0.2, 0) is 32.6 Å². The molecule has 1 saturated carbocycles. The van der Waals surface area contributed by atoms with Crippen LogP contribution in [0.5, 0.6) is 5.75 Å². The molecule has 3 aromatic carbocycles. The molecule has 1 N–H and O–H groups in total. The Bertz CT molecular complexity index is 1440. The topological polar surface area (TPSA) is 96.0 Å². The molecule has 3 aromatic rings. The Morgan fingerprint density at radius 3 is 2.24 bits per heavy atom. The summed E-state index contributed by atoms with van der Waals surface area (Å²) in [4.78, 5) is 29.7. The first-order valence-electron chi connectivity index (χ1n) is 14.2. The second-order valence-corrected chi connectivity index (χ2v) is 13.3. The van der Waals surface area contributed by atoms with Gasteiger partial charge in [0.25, 0.3) is 0 Å². The molecule has 0 bridgehead atoms. The number of amides is 2. The maximum Gasteiger partial charge on any atom is 0.244 e. The number of para-hydroxylation sites is 2. The Hall–Kier alpha value is -3.37. The summed E-state index contributed by atoms with van der Waals surface area (Å²) in [7, 11) is -3.89. The predicted molar refractivity (Wildman–Crippen MR) is 169 cm³/mol. The monoisotopic (exact) mass is 655 g/mol. The number of carbonyl (C=O) groups is 2. The molecule has 2 amide bonds. The Balaban J connectivity index is 1.73. The molecule has 42 heavy (non-hydrogen) atoms. The van der Waals surface area contributed by atoms with Crippen LogP contribution in [0.25, 0.3) is 0 Å². The van der Waals surface area contributed by atoms with E-state index in [1.165, 1.54) is 4.90 Å². The van der Waals surface area contributed by atoms with Gasteiger partial charge < -0.3 is 15.0 Å². The van der Waals surface area contributed by atoms with Crippen LogP contribution in [0.4, 0.5) is 5.69 Å². The van der Waals surface area contributed by atoms with E-state index in [2.05, 4.69) is 21.2 Å². The summed E-state index contributed by atoms with van der Waals surface area (Å²) in [6, 6.07) is 23.0. The first-order chi connectivity index (χ1) is 20.2. The molecule has 0 aromatic heterocycles. The van der Waals surface area contributed by atoms with E-state index in [0.29, 0.717) is 12.4 Å². The van der Waals surface area contributed by atoms with Crippen LogP contribution in [-0.4, -0.2) is 56.6 Å². The number of nitrogens with zero attached hydrogens (tertiary/aromatic N) is 2. The first kappa shape index (κ1) is 31.6. The molecule has 4 rings (SSSR count). The molecule has 224 valence electrons. The van der Waals surface area contributed by atoms with Crippen molar-refractivity contribution in [2.75, 3.05) is 23.7 Å². The zero-order valence-electron chi connectivity index (χ0n) is 24.0. The number of benzene rings is 3. The van der Waals surface area contributed by atoms with Crippen molar-refractivity contribution < 1.29 is 22.7 Å². The molecular weight excluding hydrogens is 618 g/mol. The number of hydrogen-bond acceptors (Lipinski definition) is 5. The fourth-order valence-electron chi connectivity index (χ4n) is 5.24. The molecule has 10 heteroatoms. The third-order valence-corrected chi connectivity index (χ3v) is 9.01. The van der Waals surface area contributed by atoms with Crippen LogP contribution in [0.3, 0.4) is 0 Å². The van der Waals surface area contributed by atoms with Gasteiger partial charge in [-0.2, -0.15) is 0 Å². The summed E-state index contributed by atoms with van der Waals surface area (Å²) in [6.45, 7) is 1.79. The maximum atomic E-state index is 14.3. The highest BCUT2D eigenvalue weighted by molar-refractivity contribution is 9.10. The Morgan fingerprint density at radius 1 is 0.952 bits per heavy atom. The van der Waals surface area contributed by atoms with Crippen LogP contribution >= 0.6 is 15.9 Å². The minimum atomic E-state index is -3.89. The Morgan fingerprint density at radius 2 is 1.60 bits per heavy atom. The summed E-state index contributed by atoms with van der Waals surface area (Å²) in [5.74, 6) is -0.369. The van der Waals surface area contributed by atoms with Crippen molar-refractivity contribution in [3.05, 3.63) is 94.5 Å². The molecule has 1 fully saturated rings. The molecule has 1 atom stereocenters. The highest BCUT2D eigenvalue weighted by Crippen LogP contribution is 2.30. The molecule has 1 unspecified atom stereocenters. The normalized spacial score (nSPS) is 14.3. The molecule has 0 aliphatic heterocycles. The molecular formula is C32H38BrN3O5S. The number of nitrogens with one attached hydrogen (secondary N) is 1. The number of anilines is 1. The van der Waals surface area contributed by atoms with Gasteiger partial charge in [0, 0.05) is 23.5 Å². The smallest absolute Gasteiger partial charge is 0.244 e. The van der Waals surface area contributed by atoms with Crippen molar-refractivity contribution in [2.24, 2.45) is 0 Å². The van der Waals surface area contributed by atoms with Gasteiger partial charge in [0.2, 0.25) is 21.8 Å². The van der Waals surface area contributed by atoms with E-state index in [4.69, 9.17) is 4.74 Å². The second-order valence-electron chi connectivity index (χ2n) is 10.5. The van der Waals surface area contributed by atoms with Crippen molar-refractivity contribution in [2.45, 2.75) is 57.7 Å². The van der Waals surface area contributed by atoms with Gasteiger partial charge in [0.15, 0.2) is 0 Å². The predicted octanol–water partition coefficient (Wildman–Crippen LogP) is 5.31. The Kier molecular flexibility index (Phi) is 11.0. The summed E-state index contributed by atoms with van der Waals surface area (Å²) >= 11 is 3.46. The van der Waals surface area contributed by atoms with Crippen molar-refractivity contribution in [3.63, 3.8) is 0 Å². The van der Waals surface area contributed by atoms with E-state index in [-0.39, 0.29) is 30.6 Å². The molecule has 1 aliphatic carbocycles. The number of rotatable bonds is 13. The van der Waals surface area contributed by atoms with Crippen LogP contribution in [0.1, 0.15) is 43.7 Å². The lowest BCUT2D eigenvalue weighted by atomic mass is 10.0. The lowest BCUT2D eigenvalue weighted by molar-refractivity contribution is -0.140. The van der Waals surface area contributed by atoms with Crippen molar-refractivity contribution in [1.29, 1.82) is 0 Å². The van der Waals surface area contributed by atoms with Gasteiger partial charge in [-0.05, 0) is 55.2 Å². The zero-order valence-corrected chi connectivity index (χ0v) is 26.4. The SMILES string of the molecule is CCOc1ccccc1N(CC(=O)N(Cc1ccc(Br)cc1)C(Cc1ccccc1)C(=O)NC1CCCC1)S(C)(=O)=O. The Labute approximate surface area is 257 Å². The molecule has 0 heterocycles. The number of carbonyl (C=O) groups excluding carboxylic acids is 2. The molecule has 8 nitrogen and oxygen atoms in total. The first-order valence-corrected chi connectivity index (χ1v) is 16.9. The van der Waals surface area contributed by atoms with E-state index < -0.39 is 28.5 Å². The van der Waals surface area contributed by atoms with Crippen LogP contribution in [0.15, 0.2) is 83.3 Å². The summed E-state index contributed by atoms with van der Waals surface area (Å²) in [5, 5.41) is 3.18. The zero-order chi connectivity index (χ0) is 30.1. The van der Waals surface area contributed by atoms with Gasteiger partial charge in [-0.1, -0.05) is 83.4 Å². The molecule has 0 radical (unpaired) electrons. The minimum absolute atomic E-state index is 0.0611. The maximum absolute atomic E-state index is 14.3. The van der Waals surface area contributed by atoms with Crippen molar-refractivity contribution in [3.8, 4) is 5.75 Å². The number of halogens is 1. The largest absolute Gasteiger partial charge is 0.492 e. The average molecular weight is 657 g/mol. The van der Waals surface area contributed by atoms with Gasteiger partial charge in [-0.3, -0.25) is 13.9 Å². The quantitative estimate of drug-likeness (QED) is 0.269. The summed E-state index contributed by atoms with van der Waals surface area (Å²) < 4.78 is 33.8. The van der Waals surface area contributed by atoms with E-state index >= 15 is 0 Å². The van der Waals surface area contributed by atoms with Gasteiger partial charge in [-0.25, -0.2) is 8.42 Å². The standard InChI is InChI=1S/C32H38BrN3O5S/c1-3-41-30-16-10-9-15-28(30)36(42(2,39)40)23-31(37)35(22-25-17-19-26(33)20-18-25)29(21-24-11-5-4-6-12-24)32(38)34-27-13-7-8-14-27/h4-6,9-12,15-20,27,29H,3,7-8,13-14,21-23H2,1-2H3,(H,34,38). The third-order valence-electron chi connectivity index (χ3n) is 7.35. The highest BCUT2D eigenvalue weighted by Gasteiger charge is 2.34. The number of sulfonamides is 1. The lowest BCUT2D eigenvalue weighted by Gasteiger charge is -2.34. The van der Waals surface area contributed by atoms with Crippen molar-refractivity contribution in [1.82, 2.24) is 10.2 Å². The minimum Gasteiger partial charge on any atom is -0.492 e. The summed E-state index contributed by atoms with van der Waals surface area (Å²) in [6.07, 6.45) is 5.27. The third kappa shape index (κ3) is 8.58. The molecule has 0 spiro atoms. The number of ether oxygens (including phenoxy) is 1. The van der Waals surface area contributed by atoms with E-state index in [0.717, 1.165) is 51.8 Å². The number of hydrogen-bond donors (Lipinski definition) is 1. The fraction of sp³-hybridized carbons (Fsp3) is 0.375. The highest BCUT2D eigenvalue weighted by atomic mass is 79.9. The van der Waals surface area contributed by atoms with Gasteiger partial charge in [-0.15, -0.1) is 0 Å². The molecule has 0 saturated heterocycles. The van der Waals surface area contributed by atoms with E-state index in [1.54, 1.807) is 24.3 Å². The van der Waals surface area contributed by atoms with Gasteiger partial charge >= 0.3 is 0 Å².